The molecule has 0 aliphatic rings. The Labute approximate surface area is 143 Å². The van der Waals surface area contributed by atoms with Crippen LogP contribution < -0.4 is 11.4 Å². The van der Waals surface area contributed by atoms with E-state index in [-0.39, 0.29) is 12.2 Å². The van der Waals surface area contributed by atoms with E-state index >= 15 is 0 Å². The molecule has 124 valence electrons. The fourth-order valence-corrected chi connectivity index (χ4v) is 2.87. The minimum absolute atomic E-state index is 0.127. The van der Waals surface area contributed by atoms with Gasteiger partial charge in [0, 0.05) is 12.4 Å². The molecule has 0 saturated carbocycles. The third kappa shape index (κ3) is 2.87. The maximum Gasteiger partial charge on any atom is 0.329 e. The van der Waals surface area contributed by atoms with Crippen molar-refractivity contribution in [2.24, 2.45) is 0 Å². The summed E-state index contributed by atoms with van der Waals surface area (Å²) in [5, 5.41) is 0. The van der Waals surface area contributed by atoms with E-state index in [1.807, 2.05) is 36.4 Å². The van der Waals surface area contributed by atoms with E-state index < -0.39 is 0 Å². The summed E-state index contributed by atoms with van der Waals surface area (Å²) in [5.74, 6) is 0.869. The number of benzene rings is 1. The van der Waals surface area contributed by atoms with Crippen molar-refractivity contribution in [1.82, 2.24) is 24.1 Å². The molecule has 4 rings (SSSR count). The van der Waals surface area contributed by atoms with Gasteiger partial charge in [-0.05, 0) is 17.7 Å². The average molecular weight is 332 g/mol. The zero-order valence-electron chi connectivity index (χ0n) is 13.4. The zero-order chi connectivity index (χ0) is 17.2. The standard InChI is InChI=1S/C18H16N6O/c19-16-7-9-21-17(22-16)12-24-15-10-20-8-6-14(15)23(18(24)25)11-13-4-2-1-3-5-13/h1-10H,11-12H2,(H2,19,21,22). The highest BCUT2D eigenvalue weighted by atomic mass is 16.1. The summed E-state index contributed by atoms with van der Waals surface area (Å²) in [4.78, 5) is 25.5. The van der Waals surface area contributed by atoms with E-state index in [2.05, 4.69) is 15.0 Å². The van der Waals surface area contributed by atoms with E-state index in [0.29, 0.717) is 18.2 Å². The van der Waals surface area contributed by atoms with Crippen LogP contribution in [0.1, 0.15) is 11.4 Å². The summed E-state index contributed by atoms with van der Waals surface area (Å²) in [5.41, 5.74) is 8.21. The smallest absolute Gasteiger partial charge is 0.329 e. The molecule has 0 spiro atoms. The van der Waals surface area contributed by atoms with Crippen LogP contribution in [0.5, 0.6) is 0 Å². The highest BCUT2D eigenvalue weighted by Gasteiger charge is 2.14. The van der Waals surface area contributed by atoms with Crippen molar-refractivity contribution in [3.8, 4) is 0 Å². The van der Waals surface area contributed by atoms with Gasteiger partial charge in [-0.3, -0.25) is 14.1 Å². The number of nitrogens with two attached hydrogens (primary N) is 1. The quantitative estimate of drug-likeness (QED) is 0.614. The molecule has 0 saturated heterocycles. The molecule has 7 nitrogen and oxygen atoms in total. The van der Waals surface area contributed by atoms with Crippen LogP contribution in [0, 0.1) is 0 Å². The Morgan fingerprint density at radius 3 is 2.52 bits per heavy atom. The molecule has 0 aliphatic heterocycles. The van der Waals surface area contributed by atoms with Crippen LogP contribution in [-0.4, -0.2) is 24.1 Å². The van der Waals surface area contributed by atoms with Crippen molar-refractivity contribution in [3.05, 3.63) is 82.9 Å². The second-order valence-corrected chi connectivity index (χ2v) is 5.70. The molecular formula is C18H16N6O. The van der Waals surface area contributed by atoms with Gasteiger partial charge >= 0.3 is 5.69 Å². The molecular weight excluding hydrogens is 316 g/mol. The van der Waals surface area contributed by atoms with E-state index in [4.69, 9.17) is 5.73 Å². The summed E-state index contributed by atoms with van der Waals surface area (Å²) >= 11 is 0. The van der Waals surface area contributed by atoms with Gasteiger partial charge < -0.3 is 5.73 Å². The largest absolute Gasteiger partial charge is 0.384 e. The molecule has 7 heteroatoms. The monoisotopic (exact) mass is 332 g/mol. The Hall–Kier alpha value is -3.48. The van der Waals surface area contributed by atoms with Crippen LogP contribution >= 0.6 is 0 Å². The molecule has 0 radical (unpaired) electrons. The van der Waals surface area contributed by atoms with E-state index in [9.17, 15) is 4.79 Å². The molecule has 0 fully saturated rings. The summed E-state index contributed by atoms with van der Waals surface area (Å²) in [7, 11) is 0. The number of hydrogen-bond donors (Lipinski definition) is 1. The van der Waals surface area contributed by atoms with Crippen LogP contribution in [0.25, 0.3) is 11.0 Å². The lowest BCUT2D eigenvalue weighted by atomic mass is 10.2. The molecule has 0 bridgehead atoms. The number of pyridine rings is 1. The summed E-state index contributed by atoms with van der Waals surface area (Å²) in [6.07, 6.45) is 4.96. The van der Waals surface area contributed by atoms with Crippen molar-refractivity contribution in [2.75, 3.05) is 5.73 Å². The molecule has 0 atom stereocenters. The molecule has 0 aliphatic carbocycles. The summed E-state index contributed by atoms with van der Waals surface area (Å²) in [6.45, 7) is 0.735. The third-order valence-electron chi connectivity index (χ3n) is 4.03. The van der Waals surface area contributed by atoms with Gasteiger partial charge in [0.15, 0.2) is 5.82 Å². The molecule has 0 unspecified atom stereocenters. The van der Waals surface area contributed by atoms with E-state index in [1.165, 1.54) is 0 Å². The topological polar surface area (TPSA) is 91.6 Å². The molecule has 25 heavy (non-hydrogen) atoms. The van der Waals surface area contributed by atoms with Crippen LogP contribution in [0.3, 0.4) is 0 Å². The van der Waals surface area contributed by atoms with Gasteiger partial charge in [-0.25, -0.2) is 14.8 Å². The lowest BCUT2D eigenvalue weighted by Gasteiger charge is -2.03. The number of imidazole rings is 1. The van der Waals surface area contributed by atoms with Crippen molar-refractivity contribution in [2.45, 2.75) is 13.1 Å². The van der Waals surface area contributed by atoms with E-state index in [0.717, 1.165) is 16.6 Å². The second-order valence-electron chi connectivity index (χ2n) is 5.70. The van der Waals surface area contributed by atoms with Gasteiger partial charge in [0.2, 0.25) is 0 Å². The number of hydrogen-bond acceptors (Lipinski definition) is 5. The first-order valence-electron chi connectivity index (χ1n) is 7.87. The first-order valence-corrected chi connectivity index (χ1v) is 7.87. The second kappa shape index (κ2) is 6.20. The van der Waals surface area contributed by atoms with E-state index in [1.54, 1.807) is 33.8 Å². The first-order chi connectivity index (χ1) is 12.2. The van der Waals surface area contributed by atoms with Crippen molar-refractivity contribution in [1.29, 1.82) is 0 Å². The Balaban J connectivity index is 1.82. The number of nitrogen functional groups attached to an aromatic ring is 1. The van der Waals surface area contributed by atoms with Crippen LogP contribution in [0.15, 0.2) is 65.8 Å². The Bertz CT molecular complexity index is 1080. The normalized spacial score (nSPS) is 11.0. The summed E-state index contributed by atoms with van der Waals surface area (Å²) < 4.78 is 3.36. The van der Waals surface area contributed by atoms with Gasteiger partial charge in [0.05, 0.1) is 30.3 Å². The molecule has 3 aromatic heterocycles. The Morgan fingerprint density at radius 1 is 0.920 bits per heavy atom. The SMILES string of the molecule is Nc1ccnc(Cn2c(=O)n(Cc3ccccc3)c3ccncc32)n1. The van der Waals surface area contributed by atoms with Gasteiger partial charge in [0.25, 0.3) is 0 Å². The first kappa shape index (κ1) is 15.1. The fourth-order valence-electron chi connectivity index (χ4n) is 2.87. The minimum atomic E-state index is -0.127. The maximum absolute atomic E-state index is 13.0. The lowest BCUT2D eigenvalue weighted by Crippen LogP contribution is -2.25. The van der Waals surface area contributed by atoms with Gasteiger partial charge in [-0.15, -0.1) is 0 Å². The van der Waals surface area contributed by atoms with Crippen molar-refractivity contribution >= 4 is 16.9 Å². The van der Waals surface area contributed by atoms with Crippen LogP contribution in [0.4, 0.5) is 5.82 Å². The minimum Gasteiger partial charge on any atom is -0.384 e. The van der Waals surface area contributed by atoms with Crippen LogP contribution in [0.2, 0.25) is 0 Å². The Morgan fingerprint density at radius 2 is 1.72 bits per heavy atom. The highest BCUT2D eigenvalue weighted by molar-refractivity contribution is 5.75. The fraction of sp³-hybridized carbons (Fsp3) is 0.111. The van der Waals surface area contributed by atoms with Crippen molar-refractivity contribution in [3.63, 3.8) is 0 Å². The molecule has 2 N–H and O–H groups in total. The number of aromatic nitrogens is 5. The Kier molecular flexibility index (Phi) is 3.74. The molecule has 0 amide bonds. The summed E-state index contributed by atoms with van der Waals surface area (Å²) in [6, 6.07) is 13.3. The van der Waals surface area contributed by atoms with Crippen LogP contribution in [-0.2, 0) is 13.1 Å². The van der Waals surface area contributed by atoms with Gasteiger partial charge in [-0.2, -0.15) is 0 Å². The number of anilines is 1. The number of rotatable bonds is 4. The predicted molar refractivity (Wildman–Crippen MR) is 95.1 cm³/mol. The van der Waals surface area contributed by atoms with Crippen molar-refractivity contribution < 1.29 is 0 Å². The average Bonchev–Trinajstić information content (AvgIpc) is 2.89. The predicted octanol–water partition coefficient (Wildman–Crippen LogP) is 1.67. The third-order valence-corrected chi connectivity index (χ3v) is 4.03. The molecule has 1 aromatic carbocycles. The van der Waals surface area contributed by atoms with Gasteiger partial charge in [-0.1, -0.05) is 30.3 Å². The zero-order valence-corrected chi connectivity index (χ0v) is 13.4. The highest BCUT2D eigenvalue weighted by Crippen LogP contribution is 2.14. The molecule has 3 heterocycles. The number of nitrogens with zero attached hydrogens (tertiary/aromatic N) is 5. The maximum atomic E-state index is 13.0. The number of fused-ring (bicyclic) bond motifs is 1. The lowest BCUT2D eigenvalue weighted by molar-refractivity contribution is 0.680. The van der Waals surface area contributed by atoms with Gasteiger partial charge in [0.1, 0.15) is 5.82 Å². The molecule has 4 aromatic rings.